The van der Waals surface area contributed by atoms with Crippen LogP contribution in [0.4, 0.5) is 0 Å². The Morgan fingerprint density at radius 2 is 2.14 bits per heavy atom. The molecule has 0 unspecified atom stereocenters. The molecule has 0 radical (unpaired) electrons. The molecule has 3 aromatic rings. The monoisotopic (exact) mass is 402 g/mol. The van der Waals surface area contributed by atoms with Gasteiger partial charge in [0.1, 0.15) is 12.9 Å². The SMILES string of the molecule is O=C(Cn1cnc2c(nnn2Cc2ccc(Cl)cc2)c1=O)NC[C@@H]1CCCO1. The van der Waals surface area contributed by atoms with E-state index in [1.807, 2.05) is 12.1 Å². The smallest absolute Gasteiger partial charge is 0.283 e. The zero-order chi connectivity index (χ0) is 19.5. The van der Waals surface area contributed by atoms with E-state index < -0.39 is 5.56 Å². The van der Waals surface area contributed by atoms with Crippen LogP contribution in [0.1, 0.15) is 18.4 Å². The van der Waals surface area contributed by atoms with Gasteiger partial charge in [-0.15, -0.1) is 5.10 Å². The van der Waals surface area contributed by atoms with Crippen LogP contribution in [0.5, 0.6) is 0 Å². The Labute approximate surface area is 165 Å². The second kappa shape index (κ2) is 8.07. The molecule has 1 N–H and O–H groups in total. The molecule has 1 aromatic carbocycles. The minimum Gasteiger partial charge on any atom is -0.376 e. The van der Waals surface area contributed by atoms with Crippen molar-refractivity contribution in [3.05, 3.63) is 51.5 Å². The third-order valence-electron chi connectivity index (χ3n) is 4.60. The predicted octanol–water partition coefficient (Wildman–Crippen LogP) is 0.985. The van der Waals surface area contributed by atoms with E-state index in [1.165, 1.54) is 10.9 Å². The van der Waals surface area contributed by atoms with Crippen LogP contribution in [0.25, 0.3) is 11.2 Å². The number of benzene rings is 1. The number of rotatable bonds is 6. The number of nitrogens with one attached hydrogen (secondary N) is 1. The van der Waals surface area contributed by atoms with Gasteiger partial charge in [-0.2, -0.15) is 0 Å². The van der Waals surface area contributed by atoms with Crippen LogP contribution in [-0.4, -0.2) is 49.7 Å². The van der Waals surface area contributed by atoms with E-state index >= 15 is 0 Å². The molecule has 1 fully saturated rings. The van der Waals surface area contributed by atoms with Crippen molar-refractivity contribution in [3.8, 4) is 0 Å². The fourth-order valence-electron chi connectivity index (χ4n) is 3.11. The first-order valence-electron chi connectivity index (χ1n) is 9.01. The van der Waals surface area contributed by atoms with E-state index in [4.69, 9.17) is 16.3 Å². The van der Waals surface area contributed by atoms with Crippen LogP contribution in [0, 0.1) is 0 Å². The number of halogens is 1. The Hall–Kier alpha value is -2.78. The van der Waals surface area contributed by atoms with Gasteiger partial charge in [0, 0.05) is 18.2 Å². The lowest BCUT2D eigenvalue weighted by atomic mass is 10.2. The van der Waals surface area contributed by atoms with Crippen LogP contribution >= 0.6 is 11.6 Å². The maximum Gasteiger partial charge on any atom is 0.283 e. The average Bonchev–Trinajstić information content (AvgIpc) is 3.35. The van der Waals surface area contributed by atoms with E-state index in [9.17, 15) is 9.59 Å². The summed E-state index contributed by atoms with van der Waals surface area (Å²) in [7, 11) is 0. The molecule has 9 nitrogen and oxygen atoms in total. The van der Waals surface area contributed by atoms with Gasteiger partial charge in [0.25, 0.3) is 5.56 Å². The Balaban J connectivity index is 1.47. The Kier molecular flexibility index (Phi) is 5.36. The minimum absolute atomic E-state index is 0.0500. The number of ether oxygens (including phenoxy) is 1. The minimum atomic E-state index is -0.403. The summed E-state index contributed by atoms with van der Waals surface area (Å²) in [5.41, 5.74) is 1.05. The number of amides is 1. The zero-order valence-corrected chi connectivity index (χ0v) is 15.8. The number of carbonyl (C=O) groups excluding carboxylic acids is 1. The predicted molar refractivity (Wildman–Crippen MR) is 102 cm³/mol. The highest BCUT2D eigenvalue weighted by Gasteiger charge is 2.17. The van der Waals surface area contributed by atoms with E-state index in [0.717, 1.165) is 25.0 Å². The van der Waals surface area contributed by atoms with Gasteiger partial charge in [0.05, 0.1) is 12.6 Å². The van der Waals surface area contributed by atoms with Crippen LogP contribution in [0.15, 0.2) is 35.4 Å². The summed E-state index contributed by atoms with van der Waals surface area (Å²) in [6, 6.07) is 7.31. The molecule has 1 atom stereocenters. The highest BCUT2D eigenvalue weighted by atomic mass is 35.5. The van der Waals surface area contributed by atoms with Crippen molar-refractivity contribution < 1.29 is 9.53 Å². The van der Waals surface area contributed by atoms with Crippen LogP contribution < -0.4 is 10.9 Å². The molecule has 28 heavy (non-hydrogen) atoms. The molecule has 146 valence electrons. The number of nitrogens with zero attached hydrogens (tertiary/aromatic N) is 5. The molecule has 4 rings (SSSR count). The number of carbonyl (C=O) groups is 1. The molecule has 0 saturated carbocycles. The molecule has 1 aliphatic rings. The summed E-state index contributed by atoms with van der Waals surface area (Å²) < 4.78 is 8.24. The summed E-state index contributed by atoms with van der Waals surface area (Å²) in [6.07, 6.45) is 3.34. The van der Waals surface area contributed by atoms with E-state index in [2.05, 4.69) is 20.6 Å². The van der Waals surface area contributed by atoms with E-state index in [0.29, 0.717) is 23.8 Å². The Bertz CT molecular complexity index is 1040. The summed E-state index contributed by atoms with van der Waals surface area (Å²) in [5, 5.41) is 11.4. The van der Waals surface area contributed by atoms with Gasteiger partial charge in [0.15, 0.2) is 11.2 Å². The van der Waals surface area contributed by atoms with Gasteiger partial charge in [-0.05, 0) is 30.5 Å². The normalized spacial score (nSPS) is 16.5. The fourth-order valence-corrected chi connectivity index (χ4v) is 3.24. The van der Waals surface area contributed by atoms with E-state index in [-0.39, 0.29) is 24.1 Å². The maximum absolute atomic E-state index is 12.6. The zero-order valence-electron chi connectivity index (χ0n) is 15.0. The van der Waals surface area contributed by atoms with Gasteiger partial charge in [0.2, 0.25) is 5.91 Å². The lowest BCUT2D eigenvalue weighted by molar-refractivity contribution is -0.122. The molecule has 1 aliphatic heterocycles. The number of aromatic nitrogens is 5. The van der Waals surface area contributed by atoms with Crippen LogP contribution in [-0.2, 0) is 22.6 Å². The Morgan fingerprint density at radius 3 is 2.89 bits per heavy atom. The second-order valence-corrected chi connectivity index (χ2v) is 7.10. The number of hydrogen-bond acceptors (Lipinski definition) is 6. The molecule has 0 spiro atoms. The van der Waals surface area contributed by atoms with Gasteiger partial charge in [-0.3, -0.25) is 14.2 Å². The van der Waals surface area contributed by atoms with E-state index in [1.54, 1.807) is 16.8 Å². The van der Waals surface area contributed by atoms with Crippen molar-refractivity contribution in [1.82, 2.24) is 29.9 Å². The molecule has 3 heterocycles. The lowest BCUT2D eigenvalue weighted by Gasteiger charge is -2.11. The van der Waals surface area contributed by atoms with Crippen molar-refractivity contribution >= 4 is 28.7 Å². The molecule has 2 aromatic heterocycles. The molecule has 0 bridgehead atoms. The topological polar surface area (TPSA) is 104 Å². The first kappa shape index (κ1) is 18.6. The molecule has 10 heteroatoms. The fraction of sp³-hybridized carbons (Fsp3) is 0.389. The maximum atomic E-state index is 12.6. The van der Waals surface area contributed by atoms with Gasteiger partial charge >= 0.3 is 0 Å². The second-order valence-electron chi connectivity index (χ2n) is 6.66. The number of fused-ring (bicyclic) bond motifs is 1. The summed E-state index contributed by atoms with van der Waals surface area (Å²) >= 11 is 5.90. The van der Waals surface area contributed by atoms with Crippen molar-refractivity contribution in [2.45, 2.75) is 32.0 Å². The first-order valence-corrected chi connectivity index (χ1v) is 9.39. The lowest BCUT2D eigenvalue weighted by Crippen LogP contribution is -2.36. The first-order chi connectivity index (χ1) is 13.6. The molecule has 1 saturated heterocycles. The third kappa shape index (κ3) is 4.05. The van der Waals surface area contributed by atoms with Gasteiger partial charge < -0.3 is 10.1 Å². The largest absolute Gasteiger partial charge is 0.376 e. The highest BCUT2D eigenvalue weighted by molar-refractivity contribution is 6.30. The van der Waals surface area contributed by atoms with Gasteiger partial charge in [-0.1, -0.05) is 28.9 Å². The van der Waals surface area contributed by atoms with Crippen molar-refractivity contribution in [2.75, 3.05) is 13.2 Å². The van der Waals surface area contributed by atoms with Gasteiger partial charge in [-0.25, -0.2) is 9.67 Å². The average molecular weight is 403 g/mol. The molecule has 0 aliphatic carbocycles. The molecular formula is C18H19ClN6O3. The van der Waals surface area contributed by atoms with Crippen molar-refractivity contribution in [3.63, 3.8) is 0 Å². The third-order valence-corrected chi connectivity index (χ3v) is 4.85. The van der Waals surface area contributed by atoms with Crippen LogP contribution in [0.3, 0.4) is 0 Å². The standard InChI is InChI=1S/C18H19ClN6O3/c19-13-5-3-12(4-6-13)9-25-17-16(22-23-25)18(27)24(11-21-17)10-15(26)20-8-14-2-1-7-28-14/h3-6,11,14H,1-2,7-10H2,(H,20,26)/t14-/m0/s1. The molecule has 1 amide bonds. The summed E-state index contributed by atoms with van der Waals surface area (Å²) in [4.78, 5) is 29.0. The quantitative estimate of drug-likeness (QED) is 0.659. The van der Waals surface area contributed by atoms with Crippen LogP contribution in [0.2, 0.25) is 5.02 Å². The molecular weight excluding hydrogens is 384 g/mol. The Morgan fingerprint density at radius 1 is 1.32 bits per heavy atom. The summed E-state index contributed by atoms with van der Waals surface area (Å²) in [5.74, 6) is -0.271. The highest BCUT2D eigenvalue weighted by Crippen LogP contribution is 2.12. The van der Waals surface area contributed by atoms with Crippen molar-refractivity contribution in [2.24, 2.45) is 0 Å². The number of hydrogen-bond donors (Lipinski definition) is 1. The van der Waals surface area contributed by atoms with Crippen molar-refractivity contribution in [1.29, 1.82) is 0 Å². The summed E-state index contributed by atoms with van der Waals surface area (Å²) in [6.45, 7) is 1.46.